The predicted molar refractivity (Wildman–Crippen MR) is 99.9 cm³/mol. The first-order valence-corrected chi connectivity index (χ1v) is 9.32. The summed E-state index contributed by atoms with van der Waals surface area (Å²) in [4.78, 5) is 20.9. The van der Waals surface area contributed by atoms with Gasteiger partial charge in [-0.15, -0.1) is 0 Å². The largest absolute Gasteiger partial charge is 0.368 e. The number of piperazine rings is 1. The van der Waals surface area contributed by atoms with Crippen molar-refractivity contribution in [2.75, 3.05) is 36.8 Å². The first-order valence-electron chi connectivity index (χ1n) is 7.95. The summed E-state index contributed by atoms with van der Waals surface area (Å²) in [5.41, 5.74) is 2.25. The Hall–Kier alpha value is -1.72. The third-order valence-electron chi connectivity index (χ3n) is 4.03. The van der Waals surface area contributed by atoms with E-state index < -0.39 is 0 Å². The summed E-state index contributed by atoms with van der Waals surface area (Å²) >= 11 is 7.55. The third kappa shape index (κ3) is 4.42. The highest BCUT2D eigenvalue weighted by atomic mass is 35.5. The van der Waals surface area contributed by atoms with Crippen molar-refractivity contribution >= 4 is 35.0 Å². The van der Waals surface area contributed by atoms with E-state index in [2.05, 4.69) is 16.0 Å². The van der Waals surface area contributed by atoms with Crippen LogP contribution in [0.15, 0.2) is 47.6 Å². The van der Waals surface area contributed by atoms with Gasteiger partial charge in [-0.25, -0.2) is 4.98 Å². The monoisotopic (exact) mass is 361 g/mol. The fourth-order valence-corrected chi connectivity index (χ4v) is 3.58. The molecule has 24 heavy (non-hydrogen) atoms. The number of amides is 1. The molecule has 6 heteroatoms. The summed E-state index contributed by atoms with van der Waals surface area (Å²) in [5, 5.41) is 1.64. The summed E-state index contributed by atoms with van der Waals surface area (Å²) < 4.78 is 0. The lowest BCUT2D eigenvalue weighted by atomic mass is 10.2. The van der Waals surface area contributed by atoms with Gasteiger partial charge in [-0.3, -0.25) is 4.79 Å². The van der Waals surface area contributed by atoms with E-state index in [0.717, 1.165) is 47.5 Å². The van der Waals surface area contributed by atoms with E-state index in [-0.39, 0.29) is 5.91 Å². The van der Waals surface area contributed by atoms with Crippen LogP contribution in [0.4, 0.5) is 5.69 Å². The van der Waals surface area contributed by atoms with Crippen LogP contribution in [0.25, 0.3) is 0 Å². The smallest absolute Gasteiger partial charge is 0.233 e. The van der Waals surface area contributed by atoms with Crippen molar-refractivity contribution in [2.24, 2.45) is 0 Å². The normalized spacial score (nSPS) is 14.8. The second-order valence-electron chi connectivity index (χ2n) is 5.81. The molecule has 1 fully saturated rings. The molecule has 1 saturated heterocycles. The van der Waals surface area contributed by atoms with E-state index in [1.54, 1.807) is 0 Å². The molecule has 0 spiro atoms. The van der Waals surface area contributed by atoms with E-state index in [1.165, 1.54) is 11.8 Å². The van der Waals surface area contributed by atoms with Crippen molar-refractivity contribution in [3.8, 4) is 0 Å². The molecule has 2 heterocycles. The number of aryl methyl sites for hydroxylation is 1. The van der Waals surface area contributed by atoms with Gasteiger partial charge in [0.05, 0.1) is 10.8 Å². The zero-order valence-corrected chi connectivity index (χ0v) is 15.2. The highest BCUT2D eigenvalue weighted by Crippen LogP contribution is 2.21. The van der Waals surface area contributed by atoms with Gasteiger partial charge < -0.3 is 9.80 Å². The lowest BCUT2D eigenvalue weighted by Gasteiger charge is -2.36. The number of benzene rings is 1. The predicted octanol–water partition coefficient (Wildman–Crippen LogP) is 3.48. The van der Waals surface area contributed by atoms with Crippen LogP contribution in [0.2, 0.25) is 5.02 Å². The van der Waals surface area contributed by atoms with Gasteiger partial charge in [0.25, 0.3) is 0 Å². The Morgan fingerprint density at radius 1 is 1.21 bits per heavy atom. The van der Waals surface area contributed by atoms with E-state index in [4.69, 9.17) is 11.6 Å². The summed E-state index contributed by atoms with van der Waals surface area (Å²) in [6.07, 6.45) is 1.83. The molecule has 1 aliphatic rings. The maximum absolute atomic E-state index is 12.4. The average molecular weight is 362 g/mol. The molecule has 3 rings (SSSR count). The van der Waals surface area contributed by atoms with Crippen molar-refractivity contribution in [2.45, 2.75) is 11.9 Å². The zero-order chi connectivity index (χ0) is 16.9. The molecule has 0 aliphatic carbocycles. The molecule has 0 radical (unpaired) electrons. The Kier molecular flexibility index (Phi) is 5.63. The third-order valence-corrected chi connectivity index (χ3v) is 5.20. The molecule has 1 amide bonds. The molecule has 1 aromatic heterocycles. The van der Waals surface area contributed by atoms with Crippen LogP contribution in [0.5, 0.6) is 0 Å². The summed E-state index contributed by atoms with van der Waals surface area (Å²) in [6, 6.07) is 11.8. The quantitative estimate of drug-likeness (QED) is 0.781. The molecule has 0 unspecified atom stereocenters. The number of pyridine rings is 1. The summed E-state index contributed by atoms with van der Waals surface area (Å²) in [7, 11) is 0. The van der Waals surface area contributed by atoms with Gasteiger partial charge in [-0.05, 0) is 36.8 Å². The number of halogens is 1. The average Bonchev–Trinajstić information content (AvgIpc) is 2.61. The standard InChI is InChI=1S/C18H20ClN3OS/c1-14-5-6-17(20-12-14)24-13-18(23)22-9-7-21(8-10-22)16-4-2-3-15(19)11-16/h2-6,11-12H,7-10,13H2,1H3. The first kappa shape index (κ1) is 17.1. The summed E-state index contributed by atoms with van der Waals surface area (Å²) in [5.74, 6) is 0.612. The molecule has 4 nitrogen and oxygen atoms in total. The molecule has 0 atom stereocenters. The first-order chi connectivity index (χ1) is 11.6. The number of hydrogen-bond donors (Lipinski definition) is 0. The van der Waals surface area contributed by atoms with Crippen molar-refractivity contribution in [1.29, 1.82) is 0 Å². The van der Waals surface area contributed by atoms with Crippen LogP contribution in [-0.4, -0.2) is 47.7 Å². The fraction of sp³-hybridized carbons (Fsp3) is 0.333. The molecular weight excluding hydrogens is 342 g/mol. The second kappa shape index (κ2) is 7.90. The number of carbonyl (C=O) groups excluding carboxylic acids is 1. The molecule has 1 aliphatic heterocycles. The van der Waals surface area contributed by atoms with E-state index in [0.29, 0.717) is 5.75 Å². The maximum Gasteiger partial charge on any atom is 0.233 e. The van der Waals surface area contributed by atoms with Crippen LogP contribution in [-0.2, 0) is 4.79 Å². The van der Waals surface area contributed by atoms with Crippen LogP contribution in [0, 0.1) is 6.92 Å². The van der Waals surface area contributed by atoms with E-state index in [1.807, 2.05) is 48.4 Å². The molecule has 126 valence electrons. The minimum Gasteiger partial charge on any atom is -0.368 e. The van der Waals surface area contributed by atoms with Gasteiger partial charge in [0.15, 0.2) is 0 Å². The van der Waals surface area contributed by atoms with Crippen LogP contribution in [0.1, 0.15) is 5.56 Å². The number of rotatable bonds is 4. The Morgan fingerprint density at radius 2 is 2.00 bits per heavy atom. The van der Waals surface area contributed by atoms with Crippen molar-refractivity contribution in [1.82, 2.24) is 9.88 Å². The topological polar surface area (TPSA) is 36.4 Å². The minimum absolute atomic E-state index is 0.174. The number of hydrogen-bond acceptors (Lipinski definition) is 4. The van der Waals surface area contributed by atoms with Gasteiger partial charge in [0.2, 0.25) is 5.91 Å². The Morgan fingerprint density at radius 3 is 2.67 bits per heavy atom. The van der Waals surface area contributed by atoms with Gasteiger partial charge >= 0.3 is 0 Å². The molecule has 0 saturated carbocycles. The molecule has 0 N–H and O–H groups in total. The Balaban J connectivity index is 1.49. The van der Waals surface area contributed by atoms with Gasteiger partial charge in [-0.1, -0.05) is 35.5 Å². The van der Waals surface area contributed by atoms with Crippen LogP contribution < -0.4 is 4.90 Å². The number of nitrogens with zero attached hydrogens (tertiary/aromatic N) is 3. The lowest BCUT2D eigenvalue weighted by molar-refractivity contribution is -0.128. The Labute approximate surface area is 151 Å². The number of carbonyl (C=O) groups is 1. The zero-order valence-electron chi connectivity index (χ0n) is 13.6. The number of anilines is 1. The fourth-order valence-electron chi connectivity index (χ4n) is 2.65. The lowest BCUT2D eigenvalue weighted by Crippen LogP contribution is -2.49. The van der Waals surface area contributed by atoms with Crippen molar-refractivity contribution < 1.29 is 4.79 Å². The van der Waals surface area contributed by atoms with Crippen molar-refractivity contribution in [3.05, 3.63) is 53.2 Å². The highest BCUT2D eigenvalue weighted by Gasteiger charge is 2.21. The van der Waals surface area contributed by atoms with E-state index in [9.17, 15) is 4.79 Å². The summed E-state index contributed by atoms with van der Waals surface area (Å²) in [6.45, 7) is 5.16. The van der Waals surface area contributed by atoms with Gasteiger partial charge in [0.1, 0.15) is 0 Å². The molecule has 1 aromatic carbocycles. The van der Waals surface area contributed by atoms with Crippen LogP contribution >= 0.6 is 23.4 Å². The molecule has 2 aromatic rings. The molecule has 0 bridgehead atoms. The maximum atomic E-state index is 12.4. The van der Waals surface area contributed by atoms with Gasteiger partial charge in [-0.2, -0.15) is 0 Å². The molecular formula is C18H20ClN3OS. The SMILES string of the molecule is Cc1ccc(SCC(=O)N2CCN(c3cccc(Cl)c3)CC2)nc1. The second-order valence-corrected chi connectivity index (χ2v) is 7.24. The van der Waals surface area contributed by atoms with E-state index >= 15 is 0 Å². The van der Waals surface area contributed by atoms with Crippen LogP contribution in [0.3, 0.4) is 0 Å². The number of thioether (sulfide) groups is 1. The Bertz CT molecular complexity index is 700. The number of aromatic nitrogens is 1. The van der Waals surface area contributed by atoms with Crippen molar-refractivity contribution in [3.63, 3.8) is 0 Å². The minimum atomic E-state index is 0.174. The highest BCUT2D eigenvalue weighted by molar-refractivity contribution is 7.99. The van der Waals surface area contributed by atoms with Gasteiger partial charge in [0, 0.05) is 43.1 Å².